The third-order valence-corrected chi connectivity index (χ3v) is 8.81. The molecule has 8 nitrogen and oxygen atoms in total. The number of hydrogen-bond donors (Lipinski definition) is 0. The maximum Gasteiger partial charge on any atom is 0.278 e. The summed E-state index contributed by atoms with van der Waals surface area (Å²) in [5.74, 6) is 2.04. The topological polar surface area (TPSA) is 83.8 Å². The number of halogens is 2. The molecule has 2 heterocycles. The number of carbonyl (C=O) groups excluding carboxylic acids is 2. The van der Waals surface area contributed by atoms with Crippen LogP contribution in [0.3, 0.4) is 0 Å². The average molecular weight is 797 g/mol. The molecule has 0 atom stereocenters. The molecule has 2 amide bonds. The SMILES string of the molecule is CC(C)Oc1ccc(/C=C2\N=C(c3ccc(Br)cc3)N(CCN3C(=O)/C(=C\c4ccc(OC(C)C)cc4)N=C3c3ccc(Br)cc3)C2=O)cc1. The van der Waals surface area contributed by atoms with Gasteiger partial charge in [0.05, 0.1) is 12.2 Å². The second-order valence-electron chi connectivity index (χ2n) is 12.3. The first-order valence-corrected chi connectivity index (χ1v) is 17.9. The van der Waals surface area contributed by atoms with Crippen LogP contribution >= 0.6 is 31.9 Å². The summed E-state index contributed by atoms with van der Waals surface area (Å²) in [4.78, 5) is 40.9. The van der Waals surface area contributed by atoms with Gasteiger partial charge in [-0.05, 0) is 99.5 Å². The van der Waals surface area contributed by atoms with Gasteiger partial charge in [0.2, 0.25) is 0 Å². The van der Waals surface area contributed by atoms with E-state index in [9.17, 15) is 9.59 Å². The van der Waals surface area contributed by atoms with E-state index in [4.69, 9.17) is 19.5 Å². The van der Waals surface area contributed by atoms with Gasteiger partial charge in [0, 0.05) is 33.2 Å². The quantitative estimate of drug-likeness (QED) is 0.142. The molecule has 0 radical (unpaired) electrons. The Bertz CT molecular complexity index is 1850. The van der Waals surface area contributed by atoms with E-state index in [-0.39, 0.29) is 37.1 Å². The van der Waals surface area contributed by atoms with Crippen LogP contribution in [0, 0.1) is 0 Å². The standard InChI is InChI=1S/C40H36Br2N4O4/c1-25(2)49-33-17-5-27(6-18-33)23-35-39(47)45(37(43-35)29-9-13-31(41)14-10-29)21-22-46-38(30-11-15-32(42)16-12-30)44-36(40(46)48)24-28-7-19-34(20-8-28)50-26(3)4/h5-20,23-26H,21-22H2,1-4H3/b35-23-,36-24+. The van der Waals surface area contributed by atoms with E-state index in [0.29, 0.717) is 23.1 Å². The van der Waals surface area contributed by atoms with Crippen molar-refractivity contribution < 1.29 is 19.1 Å². The molecule has 0 fully saturated rings. The number of carbonyl (C=O) groups is 2. The summed E-state index contributed by atoms with van der Waals surface area (Å²) in [6, 6.07) is 30.4. The van der Waals surface area contributed by atoms with E-state index >= 15 is 0 Å². The Hall–Kier alpha value is -4.80. The first-order valence-electron chi connectivity index (χ1n) is 16.3. The molecule has 0 aliphatic carbocycles. The van der Waals surface area contributed by atoms with Crippen molar-refractivity contribution in [2.45, 2.75) is 39.9 Å². The summed E-state index contributed by atoms with van der Waals surface area (Å²) in [5, 5.41) is 0. The first-order chi connectivity index (χ1) is 24.0. The van der Waals surface area contributed by atoms with E-state index in [1.165, 1.54) is 0 Å². The first kappa shape index (κ1) is 35.0. The molecule has 2 aliphatic heterocycles. The number of ether oxygens (including phenoxy) is 2. The van der Waals surface area contributed by atoms with Crippen LogP contribution in [0.5, 0.6) is 11.5 Å². The molecule has 0 bridgehead atoms. The number of rotatable bonds is 11. The summed E-state index contributed by atoms with van der Waals surface area (Å²) >= 11 is 7.00. The van der Waals surface area contributed by atoms with Gasteiger partial charge in [-0.2, -0.15) is 0 Å². The lowest BCUT2D eigenvalue weighted by atomic mass is 10.1. The van der Waals surface area contributed by atoms with Crippen LogP contribution in [0.2, 0.25) is 0 Å². The molecule has 0 unspecified atom stereocenters. The lowest BCUT2D eigenvalue weighted by Gasteiger charge is -2.24. The van der Waals surface area contributed by atoms with Crippen molar-refractivity contribution in [2.75, 3.05) is 13.1 Å². The summed E-state index contributed by atoms with van der Waals surface area (Å²) in [6.07, 6.45) is 3.66. The monoisotopic (exact) mass is 794 g/mol. The second kappa shape index (κ2) is 15.4. The summed E-state index contributed by atoms with van der Waals surface area (Å²) < 4.78 is 13.4. The molecule has 50 heavy (non-hydrogen) atoms. The maximum absolute atomic E-state index is 14.0. The maximum atomic E-state index is 14.0. The van der Waals surface area contributed by atoms with Crippen molar-refractivity contribution in [3.8, 4) is 11.5 Å². The third kappa shape index (κ3) is 8.31. The van der Waals surface area contributed by atoms with Crippen molar-refractivity contribution in [3.63, 3.8) is 0 Å². The molecule has 10 heteroatoms. The molecule has 0 spiro atoms. The zero-order valence-electron chi connectivity index (χ0n) is 28.1. The Balaban J connectivity index is 1.29. The Morgan fingerprint density at radius 1 is 0.560 bits per heavy atom. The van der Waals surface area contributed by atoms with Gasteiger partial charge in [0.1, 0.15) is 34.6 Å². The molecule has 4 aromatic rings. The smallest absolute Gasteiger partial charge is 0.278 e. The molecule has 0 saturated heterocycles. The van der Waals surface area contributed by atoms with Gasteiger partial charge in [-0.1, -0.05) is 80.4 Å². The number of hydrogen-bond acceptors (Lipinski definition) is 6. The van der Waals surface area contributed by atoms with Crippen LogP contribution in [0.1, 0.15) is 49.9 Å². The highest BCUT2D eigenvalue weighted by Gasteiger charge is 2.35. The highest BCUT2D eigenvalue weighted by Crippen LogP contribution is 2.27. The Morgan fingerprint density at radius 3 is 1.22 bits per heavy atom. The Kier molecular flexibility index (Phi) is 10.8. The average Bonchev–Trinajstić information content (AvgIpc) is 3.56. The zero-order valence-corrected chi connectivity index (χ0v) is 31.3. The van der Waals surface area contributed by atoms with Crippen LogP contribution in [-0.2, 0) is 9.59 Å². The molecule has 0 N–H and O–H groups in total. The van der Waals surface area contributed by atoms with E-state index in [0.717, 1.165) is 42.7 Å². The van der Waals surface area contributed by atoms with E-state index in [2.05, 4.69) is 31.9 Å². The van der Waals surface area contributed by atoms with Crippen LogP contribution in [0.4, 0.5) is 0 Å². The fourth-order valence-electron chi connectivity index (χ4n) is 5.50. The highest BCUT2D eigenvalue weighted by atomic mass is 79.9. The largest absolute Gasteiger partial charge is 0.491 e. The molecule has 4 aromatic carbocycles. The predicted molar refractivity (Wildman–Crippen MR) is 205 cm³/mol. The summed E-state index contributed by atoms with van der Waals surface area (Å²) in [6.45, 7) is 8.29. The van der Waals surface area contributed by atoms with E-state index in [1.54, 1.807) is 22.0 Å². The van der Waals surface area contributed by atoms with Crippen molar-refractivity contribution in [1.82, 2.24) is 9.80 Å². The number of aliphatic imine (C=N–C) groups is 2. The number of amides is 2. The second-order valence-corrected chi connectivity index (χ2v) is 14.2. The molecule has 6 rings (SSSR count). The highest BCUT2D eigenvalue weighted by molar-refractivity contribution is 9.10. The molecule has 0 saturated carbocycles. The normalized spacial score (nSPS) is 16.2. The molecule has 2 aliphatic rings. The Labute approximate surface area is 309 Å². The molecular formula is C40H36Br2N4O4. The zero-order chi connectivity index (χ0) is 35.4. The minimum atomic E-state index is -0.251. The lowest BCUT2D eigenvalue weighted by Crippen LogP contribution is -2.42. The van der Waals surface area contributed by atoms with E-state index < -0.39 is 0 Å². The van der Waals surface area contributed by atoms with Gasteiger partial charge in [0.25, 0.3) is 11.8 Å². The van der Waals surface area contributed by atoms with Gasteiger partial charge in [-0.25, -0.2) is 9.98 Å². The van der Waals surface area contributed by atoms with Gasteiger partial charge in [-0.3, -0.25) is 19.4 Å². The van der Waals surface area contributed by atoms with Crippen LogP contribution in [0.25, 0.3) is 12.2 Å². The third-order valence-electron chi connectivity index (χ3n) is 7.76. The van der Waals surface area contributed by atoms with Crippen molar-refractivity contribution >= 4 is 67.5 Å². The minimum Gasteiger partial charge on any atom is -0.491 e. The van der Waals surface area contributed by atoms with Crippen LogP contribution in [-0.4, -0.2) is 58.6 Å². The number of amidine groups is 2. The van der Waals surface area contributed by atoms with Crippen molar-refractivity contribution in [1.29, 1.82) is 0 Å². The molecular weight excluding hydrogens is 760 g/mol. The number of benzene rings is 4. The predicted octanol–water partition coefficient (Wildman–Crippen LogP) is 8.75. The van der Waals surface area contributed by atoms with Crippen LogP contribution in [0.15, 0.2) is 127 Å². The summed E-state index contributed by atoms with van der Waals surface area (Å²) in [7, 11) is 0. The summed E-state index contributed by atoms with van der Waals surface area (Å²) in [5.41, 5.74) is 3.82. The van der Waals surface area contributed by atoms with Gasteiger partial charge in [0.15, 0.2) is 0 Å². The van der Waals surface area contributed by atoms with Crippen molar-refractivity contribution in [2.24, 2.45) is 9.98 Å². The fourth-order valence-corrected chi connectivity index (χ4v) is 6.03. The van der Waals surface area contributed by atoms with Gasteiger partial charge in [-0.15, -0.1) is 0 Å². The van der Waals surface area contributed by atoms with Crippen LogP contribution < -0.4 is 9.47 Å². The fraction of sp³-hybridized carbons (Fsp3) is 0.200. The van der Waals surface area contributed by atoms with Gasteiger partial charge >= 0.3 is 0 Å². The van der Waals surface area contributed by atoms with Gasteiger partial charge < -0.3 is 9.47 Å². The van der Waals surface area contributed by atoms with Crippen molar-refractivity contribution in [3.05, 3.63) is 140 Å². The minimum absolute atomic E-state index is 0.0573. The number of nitrogens with zero attached hydrogens (tertiary/aromatic N) is 4. The van der Waals surface area contributed by atoms with E-state index in [1.807, 2.05) is 125 Å². The molecule has 254 valence electrons. The molecule has 0 aromatic heterocycles. The lowest BCUT2D eigenvalue weighted by molar-refractivity contribution is -0.125. The Morgan fingerprint density at radius 2 is 0.900 bits per heavy atom.